The summed E-state index contributed by atoms with van der Waals surface area (Å²) in [6.07, 6.45) is 1.03. The number of nitrogens with zero attached hydrogens (tertiary/aromatic N) is 1. The van der Waals surface area contributed by atoms with Gasteiger partial charge in [0, 0.05) is 37.9 Å². The van der Waals surface area contributed by atoms with Gasteiger partial charge in [-0.25, -0.2) is 0 Å². The Morgan fingerprint density at radius 2 is 1.94 bits per heavy atom. The zero-order valence-corrected chi connectivity index (χ0v) is 10.2. The number of rotatable bonds is 2. The highest BCUT2D eigenvalue weighted by Crippen LogP contribution is 2.38. The van der Waals surface area contributed by atoms with E-state index in [1.807, 2.05) is 6.07 Å². The average molecular weight is 251 g/mol. The zero-order valence-electron chi connectivity index (χ0n) is 10.2. The summed E-state index contributed by atoms with van der Waals surface area (Å²) in [5.41, 5.74) is 0.876. The molecule has 5 nitrogen and oxygen atoms in total. The summed E-state index contributed by atoms with van der Waals surface area (Å²) in [6.45, 7) is 4.41. The predicted octanol–water partition coefficient (Wildman–Crippen LogP) is 1.34. The third kappa shape index (κ3) is 2.37. The smallest absolute Gasteiger partial charge is 0.231 e. The van der Waals surface area contributed by atoms with Gasteiger partial charge in [-0.05, 0) is 12.5 Å². The van der Waals surface area contributed by atoms with E-state index in [-0.39, 0.29) is 12.5 Å². The van der Waals surface area contributed by atoms with Gasteiger partial charge in [0.05, 0.1) is 6.61 Å². The van der Waals surface area contributed by atoms with Crippen molar-refractivity contribution in [2.75, 3.05) is 33.1 Å². The van der Waals surface area contributed by atoms with Crippen LogP contribution in [0.3, 0.4) is 0 Å². The molecular formula is C13H17NO4. The lowest BCUT2D eigenvalue weighted by molar-refractivity contribution is 0.140. The van der Waals surface area contributed by atoms with Crippen LogP contribution in [-0.2, 0) is 11.3 Å². The Bertz CT molecular complexity index is 427. The second-order valence-corrected chi connectivity index (χ2v) is 4.58. The van der Waals surface area contributed by atoms with E-state index in [0.717, 1.165) is 38.3 Å². The van der Waals surface area contributed by atoms with Crippen molar-refractivity contribution >= 4 is 0 Å². The summed E-state index contributed by atoms with van der Waals surface area (Å²) in [7, 11) is 0. The third-order valence-electron chi connectivity index (χ3n) is 3.28. The van der Waals surface area contributed by atoms with Crippen LogP contribution in [0.4, 0.5) is 0 Å². The third-order valence-corrected chi connectivity index (χ3v) is 3.28. The number of aromatic hydroxyl groups is 1. The SMILES string of the molecule is Oc1cc2c(cc1CN1CCCOCC1)OCO2. The van der Waals surface area contributed by atoms with Crippen molar-refractivity contribution in [1.29, 1.82) is 0 Å². The first kappa shape index (κ1) is 11.6. The number of hydrogen-bond donors (Lipinski definition) is 1. The molecule has 0 radical (unpaired) electrons. The fourth-order valence-corrected chi connectivity index (χ4v) is 2.30. The topological polar surface area (TPSA) is 51.2 Å². The van der Waals surface area contributed by atoms with Gasteiger partial charge in [0.25, 0.3) is 0 Å². The van der Waals surface area contributed by atoms with Crippen LogP contribution in [0.25, 0.3) is 0 Å². The van der Waals surface area contributed by atoms with Gasteiger partial charge in [-0.1, -0.05) is 0 Å². The Balaban J connectivity index is 1.75. The van der Waals surface area contributed by atoms with E-state index >= 15 is 0 Å². The fourth-order valence-electron chi connectivity index (χ4n) is 2.30. The van der Waals surface area contributed by atoms with Gasteiger partial charge >= 0.3 is 0 Å². The van der Waals surface area contributed by atoms with Crippen molar-refractivity contribution in [2.24, 2.45) is 0 Å². The van der Waals surface area contributed by atoms with Crippen molar-refractivity contribution < 1.29 is 19.3 Å². The lowest BCUT2D eigenvalue weighted by Gasteiger charge is -2.19. The van der Waals surface area contributed by atoms with Crippen LogP contribution in [0.2, 0.25) is 0 Å². The Morgan fingerprint density at radius 1 is 1.11 bits per heavy atom. The zero-order chi connectivity index (χ0) is 12.4. The molecule has 18 heavy (non-hydrogen) atoms. The molecule has 0 unspecified atom stereocenters. The molecule has 0 bridgehead atoms. The second-order valence-electron chi connectivity index (χ2n) is 4.58. The minimum absolute atomic E-state index is 0.232. The second kappa shape index (κ2) is 5.04. The molecule has 0 saturated carbocycles. The van der Waals surface area contributed by atoms with Gasteiger partial charge in [-0.2, -0.15) is 0 Å². The van der Waals surface area contributed by atoms with Crippen LogP contribution in [0.15, 0.2) is 12.1 Å². The van der Waals surface area contributed by atoms with Crippen molar-refractivity contribution in [1.82, 2.24) is 4.90 Å². The van der Waals surface area contributed by atoms with E-state index in [4.69, 9.17) is 14.2 Å². The lowest BCUT2D eigenvalue weighted by atomic mass is 10.1. The van der Waals surface area contributed by atoms with Gasteiger partial charge in [0.1, 0.15) is 5.75 Å². The van der Waals surface area contributed by atoms with E-state index in [9.17, 15) is 5.11 Å². The molecule has 98 valence electrons. The van der Waals surface area contributed by atoms with Crippen molar-refractivity contribution in [3.8, 4) is 17.2 Å². The van der Waals surface area contributed by atoms with Gasteiger partial charge in [0.2, 0.25) is 6.79 Å². The van der Waals surface area contributed by atoms with Crippen molar-refractivity contribution in [3.05, 3.63) is 17.7 Å². The standard InChI is InChI=1S/C13H17NO4/c15-11-7-13-12(17-9-18-13)6-10(11)8-14-2-1-4-16-5-3-14/h6-7,15H,1-5,8-9H2. The Kier molecular flexibility index (Phi) is 3.25. The molecule has 0 aliphatic carbocycles. The highest BCUT2D eigenvalue weighted by molar-refractivity contribution is 5.51. The first-order chi connectivity index (χ1) is 8.83. The number of ether oxygens (including phenoxy) is 3. The monoisotopic (exact) mass is 251 g/mol. The van der Waals surface area contributed by atoms with E-state index < -0.39 is 0 Å². The molecule has 5 heteroatoms. The van der Waals surface area contributed by atoms with Gasteiger partial charge in [0.15, 0.2) is 11.5 Å². The molecule has 2 aliphatic rings. The van der Waals surface area contributed by atoms with E-state index in [1.54, 1.807) is 6.07 Å². The Morgan fingerprint density at radius 3 is 2.83 bits per heavy atom. The maximum Gasteiger partial charge on any atom is 0.231 e. The average Bonchev–Trinajstić information content (AvgIpc) is 2.65. The number of phenols is 1. The summed E-state index contributed by atoms with van der Waals surface area (Å²) in [5, 5.41) is 9.98. The van der Waals surface area contributed by atoms with Crippen LogP contribution >= 0.6 is 0 Å². The normalized spacial score (nSPS) is 19.8. The number of hydrogen-bond acceptors (Lipinski definition) is 5. The van der Waals surface area contributed by atoms with E-state index in [1.165, 1.54) is 0 Å². The summed E-state index contributed by atoms with van der Waals surface area (Å²) < 4.78 is 16.0. The predicted molar refractivity (Wildman–Crippen MR) is 64.9 cm³/mol. The molecule has 2 heterocycles. The first-order valence-corrected chi connectivity index (χ1v) is 6.24. The van der Waals surface area contributed by atoms with Crippen LogP contribution < -0.4 is 9.47 Å². The van der Waals surface area contributed by atoms with Crippen molar-refractivity contribution in [3.63, 3.8) is 0 Å². The van der Waals surface area contributed by atoms with Gasteiger partial charge < -0.3 is 19.3 Å². The van der Waals surface area contributed by atoms with Crippen LogP contribution in [0, 0.1) is 0 Å². The molecule has 2 aliphatic heterocycles. The molecule has 1 saturated heterocycles. The Labute approximate surface area is 106 Å². The Hall–Kier alpha value is -1.46. The maximum absolute atomic E-state index is 9.98. The molecule has 0 aromatic heterocycles. The molecule has 0 spiro atoms. The van der Waals surface area contributed by atoms with Gasteiger partial charge in [-0.3, -0.25) is 4.90 Å². The van der Waals surface area contributed by atoms with E-state index in [2.05, 4.69) is 4.90 Å². The summed E-state index contributed by atoms with van der Waals surface area (Å²) in [6, 6.07) is 3.50. The summed E-state index contributed by atoms with van der Waals surface area (Å²) >= 11 is 0. The summed E-state index contributed by atoms with van der Waals surface area (Å²) in [5.74, 6) is 1.61. The highest BCUT2D eigenvalue weighted by atomic mass is 16.7. The molecule has 1 fully saturated rings. The lowest BCUT2D eigenvalue weighted by Crippen LogP contribution is -2.25. The number of benzene rings is 1. The highest BCUT2D eigenvalue weighted by Gasteiger charge is 2.19. The maximum atomic E-state index is 9.98. The largest absolute Gasteiger partial charge is 0.507 e. The van der Waals surface area contributed by atoms with Crippen LogP contribution in [0.1, 0.15) is 12.0 Å². The molecular weight excluding hydrogens is 234 g/mol. The van der Waals surface area contributed by atoms with Crippen LogP contribution in [0.5, 0.6) is 17.2 Å². The first-order valence-electron chi connectivity index (χ1n) is 6.24. The fraction of sp³-hybridized carbons (Fsp3) is 0.538. The number of fused-ring (bicyclic) bond motifs is 1. The molecule has 1 N–H and O–H groups in total. The minimum Gasteiger partial charge on any atom is -0.507 e. The molecule has 1 aromatic carbocycles. The minimum atomic E-state index is 0.232. The molecule has 0 amide bonds. The van der Waals surface area contributed by atoms with Crippen molar-refractivity contribution in [2.45, 2.75) is 13.0 Å². The van der Waals surface area contributed by atoms with Crippen LogP contribution in [-0.4, -0.2) is 43.1 Å². The summed E-state index contributed by atoms with van der Waals surface area (Å²) in [4.78, 5) is 2.28. The van der Waals surface area contributed by atoms with Gasteiger partial charge in [-0.15, -0.1) is 0 Å². The molecule has 1 aromatic rings. The molecule has 3 rings (SSSR count). The molecule has 0 atom stereocenters. The quantitative estimate of drug-likeness (QED) is 0.859. The number of phenolic OH excluding ortho intramolecular Hbond substituents is 1. The van der Waals surface area contributed by atoms with E-state index in [0.29, 0.717) is 18.0 Å².